The van der Waals surface area contributed by atoms with E-state index in [0.717, 1.165) is 59.1 Å². The van der Waals surface area contributed by atoms with Crippen LogP contribution in [0.4, 0.5) is 0 Å². The van der Waals surface area contributed by atoms with E-state index in [9.17, 15) is 9.59 Å². The SMILES string of the molecule is Cc1ccc2c(CC(=O)O[C@@H](C)C(=O)NC34CC5CC(CC(C5)C3)C4)coc2c1. The van der Waals surface area contributed by atoms with Gasteiger partial charge in [-0.1, -0.05) is 12.1 Å². The Morgan fingerprint density at radius 1 is 1.17 bits per heavy atom. The molecule has 154 valence electrons. The van der Waals surface area contributed by atoms with Crippen LogP contribution in [-0.2, 0) is 20.7 Å². The van der Waals surface area contributed by atoms with Crippen molar-refractivity contribution < 1.29 is 18.7 Å². The minimum absolute atomic E-state index is 0.0644. The van der Waals surface area contributed by atoms with E-state index in [1.807, 2.05) is 25.1 Å². The smallest absolute Gasteiger partial charge is 0.311 e. The van der Waals surface area contributed by atoms with Crippen molar-refractivity contribution in [2.45, 2.75) is 70.4 Å². The van der Waals surface area contributed by atoms with Crippen LogP contribution in [0.25, 0.3) is 11.0 Å². The first-order chi connectivity index (χ1) is 13.9. The Bertz CT molecular complexity index is 924. The van der Waals surface area contributed by atoms with Gasteiger partial charge in [0, 0.05) is 16.5 Å². The average Bonchev–Trinajstić information content (AvgIpc) is 3.01. The van der Waals surface area contributed by atoms with Crippen LogP contribution in [0, 0.1) is 24.7 Å². The second-order valence-corrected chi connectivity index (χ2v) is 9.76. The molecule has 0 aliphatic heterocycles. The summed E-state index contributed by atoms with van der Waals surface area (Å²) in [7, 11) is 0. The van der Waals surface area contributed by atoms with Crippen LogP contribution in [0.5, 0.6) is 0 Å². The molecule has 1 aromatic carbocycles. The Labute approximate surface area is 171 Å². The zero-order chi connectivity index (χ0) is 20.2. The molecule has 6 rings (SSSR count). The Morgan fingerprint density at radius 3 is 2.48 bits per heavy atom. The fraction of sp³-hybridized carbons (Fsp3) is 0.583. The van der Waals surface area contributed by atoms with Crippen molar-refractivity contribution in [3.8, 4) is 0 Å². The van der Waals surface area contributed by atoms with Gasteiger partial charge in [0.2, 0.25) is 0 Å². The highest BCUT2D eigenvalue weighted by Crippen LogP contribution is 2.55. The van der Waals surface area contributed by atoms with Gasteiger partial charge in [0.15, 0.2) is 6.10 Å². The average molecular weight is 395 g/mol. The number of hydrogen-bond donors (Lipinski definition) is 1. The van der Waals surface area contributed by atoms with Crippen LogP contribution in [0.2, 0.25) is 0 Å². The van der Waals surface area contributed by atoms with Crippen molar-refractivity contribution in [2.24, 2.45) is 17.8 Å². The lowest BCUT2D eigenvalue weighted by Crippen LogP contribution is -2.61. The summed E-state index contributed by atoms with van der Waals surface area (Å²) in [6, 6.07) is 5.90. The maximum Gasteiger partial charge on any atom is 0.311 e. The van der Waals surface area contributed by atoms with Gasteiger partial charge in [0.05, 0.1) is 12.7 Å². The van der Waals surface area contributed by atoms with Gasteiger partial charge in [0.1, 0.15) is 5.58 Å². The fourth-order valence-electron chi connectivity index (χ4n) is 6.40. The number of esters is 1. The number of nitrogens with one attached hydrogen (secondary N) is 1. The zero-order valence-corrected chi connectivity index (χ0v) is 17.2. The Kier molecular flexibility index (Phi) is 4.45. The lowest BCUT2D eigenvalue weighted by atomic mass is 9.53. The van der Waals surface area contributed by atoms with Gasteiger partial charge in [-0.25, -0.2) is 0 Å². The second-order valence-electron chi connectivity index (χ2n) is 9.76. The number of rotatable bonds is 5. The third kappa shape index (κ3) is 3.56. The number of carbonyl (C=O) groups excluding carboxylic acids is 2. The van der Waals surface area contributed by atoms with Gasteiger partial charge in [-0.2, -0.15) is 0 Å². The highest BCUT2D eigenvalue weighted by Gasteiger charge is 2.51. The van der Waals surface area contributed by atoms with E-state index >= 15 is 0 Å². The molecule has 2 aromatic rings. The largest absolute Gasteiger partial charge is 0.464 e. The van der Waals surface area contributed by atoms with E-state index in [4.69, 9.17) is 9.15 Å². The lowest BCUT2D eigenvalue weighted by molar-refractivity contribution is -0.156. The molecule has 1 N–H and O–H groups in total. The summed E-state index contributed by atoms with van der Waals surface area (Å²) in [5.74, 6) is 1.72. The normalized spacial score (nSPS) is 31.0. The first-order valence-electron chi connectivity index (χ1n) is 10.9. The number of hydrogen-bond acceptors (Lipinski definition) is 4. The molecule has 1 atom stereocenters. The summed E-state index contributed by atoms with van der Waals surface area (Å²) in [6.07, 6.45) is 8.18. The van der Waals surface area contributed by atoms with E-state index in [0.29, 0.717) is 0 Å². The van der Waals surface area contributed by atoms with Crippen molar-refractivity contribution in [3.63, 3.8) is 0 Å². The lowest BCUT2D eigenvalue weighted by Gasteiger charge is -2.57. The molecule has 1 amide bonds. The minimum Gasteiger partial charge on any atom is -0.464 e. The number of aryl methyl sites for hydroxylation is 1. The van der Waals surface area contributed by atoms with Crippen molar-refractivity contribution in [3.05, 3.63) is 35.6 Å². The Hall–Kier alpha value is -2.30. The fourth-order valence-corrected chi connectivity index (χ4v) is 6.40. The van der Waals surface area contributed by atoms with E-state index < -0.39 is 12.1 Å². The molecule has 0 radical (unpaired) electrons. The quantitative estimate of drug-likeness (QED) is 0.767. The summed E-state index contributed by atoms with van der Waals surface area (Å²) >= 11 is 0. The number of fused-ring (bicyclic) bond motifs is 1. The van der Waals surface area contributed by atoms with Crippen LogP contribution in [0.1, 0.15) is 56.6 Å². The molecule has 5 nitrogen and oxygen atoms in total. The maximum absolute atomic E-state index is 12.8. The molecule has 4 saturated carbocycles. The first kappa shape index (κ1) is 18.7. The number of carbonyl (C=O) groups is 2. The van der Waals surface area contributed by atoms with Crippen LogP contribution in [0.3, 0.4) is 0 Å². The summed E-state index contributed by atoms with van der Waals surface area (Å²) in [5.41, 5.74) is 2.60. The predicted octanol–water partition coefficient (Wildman–Crippen LogP) is 4.30. The van der Waals surface area contributed by atoms with Crippen LogP contribution in [0.15, 0.2) is 28.9 Å². The molecule has 0 saturated heterocycles. The summed E-state index contributed by atoms with van der Waals surface area (Å²) in [5, 5.41) is 4.20. The molecule has 1 heterocycles. The monoisotopic (exact) mass is 395 g/mol. The summed E-state index contributed by atoms with van der Waals surface area (Å²) in [6.45, 7) is 3.67. The van der Waals surface area contributed by atoms with E-state index in [1.54, 1.807) is 13.2 Å². The van der Waals surface area contributed by atoms with Crippen molar-refractivity contribution in [2.75, 3.05) is 0 Å². The first-order valence-corrected chi connectivity index (χ1v) is 10.9. The Balaban J connectivity index is 1.20. The van der Waals surface area contributed by atoms with Crippen LogP contribution in [-0.4, -0.2) is 23.5 Å². The second kappa shape index (κ2) is 6.89. The van der Waals surface area contributed by atoms with Gasteiger partial charge >= 0.3 is 5.97 Å². The highest BCUT2D eigenvalue weighted by molar-refractivity contribution is 5.88. The van der Waals surface area contributed by atoms with Gasteiger partial charge in [-0.05, 0) is 81.8 Å². The number of amides is 1. The Morgan fingerprint density at radius 2 is 1.83 bits per heavy atom. The molecule has 4 bridgehead atoms. The van der Waals surface area contributed by atoms with Gasteiger partial charge in [-0.3, -0.25) is 9.59 Å². The van der Waals surface area contributed by atoms with Gasteiger partial charge < -0.3 is 14.5 Å². The summed E-state index contributed by atoms with van der Waals surface area (Å²) in [4.78, 5) is 25.3. The molecule has 4 fully saturated rings. The number of ether oxygens (including phenoxy) is 1. The molecule has 1 aromatic heterocycles. The van der Waals surface area contributed by atoms with Gasteiger partial charge in [0.25, 0.3) is 5.91 Å². The number of furan rings is 1. The molecule has 29 heavy (non-hydrogen) atoms. The van der Waals surface area contributed by atoms with Crippen LogP contribution >= 0.6 is 0 Å². The van der Waals surface area contributed by atoms with Crippen molar-refractivity contribution in [1.29, 1.82) is 0 Å². The summed E-state index contributed by atoms with van der Waals surface area (Å²) < 4.78 is 11.0. The molecule has 4 aliphatic carbocycles. The topological polar surface area (TPSA) is 68.5 Å². The number of benzene rings is 1. The van der Waals surface area contributed by atoms with E-state index in [1.165, 1.54) is 19.3 Å². The zero-order valence-electron chi connectivity index (χ0n) is 17.2. The molecule has 0 unspecified atom stereocenters. The predicted molar refractivity (Wildman–Crippen MR) is 109 cm³/mol. The molecule has 5 heteroatoms. The van der Waals surface area contributed by atoms with Crippen molar-refractivity contribution in [1.82, 2.24) is 5.32 Å². The van der Waals surface area contributed by atoms with Gasteiger partial charge in [-0.15, -0.1) is 0 Å². The van der Waals surface area contributed by atoms with Crippen molar-refractivity contribution >= 4 is 22.8 Å². The molecular formula is C24H29NO4. The maximum atomic E-state index is 12.8. The van der Waals surface area contributed by atoms with E-state index in [2.05, 4.69) is 5.32 Å². The molecular weight excluding hydrogens is 366 g/mol. The highest BCUT2D eigenvalue weighted by atomic mass is 16.5. The third-order valence-corrected chi connectivity index (χ3v) is 7.25. The minimum atomic E-state index is -0.782. The molecule has 4 aliphatic rings. The molecule has 0 spiro atoms. The third-order valence-electron chi connectivity index (χ3n) is 7.25. The van der Waals surface area contributed by atoms with Crippen LogP contribution < -0.4 is 5.32 Å². The standard InChI is InChI=1S/C24H29NO4/c1-14-3-4-20-19(13-28-21(20)5-14)9-22(26)29-15(2)23(27)25-24-10-16-6-17(11-24)8-18(7-16)12-24/h3-5,13,15-18H,6-12H2,1-2H3,(H,25,27)/t15-,16?,17?,18?,24?/m0/s1. The van der Waals surface area contributed by atoms with E-state index in [-0.39, 0.29) is 17.9 Å².